The Hall–Kier alpha value is -4.09. The number of aliphatic hydroxyl groups excluding tert-OH is 1. The maximum Gasteiger partial charge on any atom is 0.300 e. The third-order valence-electron chi connectivity index (χ3n) is 5.99. The number of halogens is 1. The highest BCUT2D eigenvalue weighted by Gasteiger charge is 2.47. The predicted molar refractivity (Wildman–Crippen MR) is 133 cm³/mol. The van der Waals surface area contributed by atoms with Crippen molar-refractivity contribution in [2.24, 2.45) is 0 Å². The first-order valence-corrected chi connectivity index (χ1v) is 11.1. The molecule has 4 aromatic carbocycles. The molecule has 1 saturated heterocycles. The molecule has 1 fully saturated rings. The van der Waals surface area contributed by atoms with Gasteiger partial charge in [-0.3, -0.25) is 14.5 Å². The molecule has 1 aliphatic rings. The summed E-state index contributed by atoms with van der Waals surface area (Å²) >= 11 is 6.23. The molecule has 0 spiro atoms. The molecule has 5 rings (SSSR count). The summed E-state index contributed by atoms with van der Waals surface area (Å²) in [4.78, 5) is 28.2. The maximum absolute atomic E-state index is 13.4. The van der Waals surface area contributed by atoms with Gasteiger partial charge in [-0.1, -0.05) is 72.3 Å². The molecule has 1 atom stereocenters. The van der Waals surface area contributed by atoms with Crippen LogP contribution in [0.25, 0.3) is 16.5 Å². The predicted octanol–water partition coefficient (Wildman–Crippen LogP) is 6.13. The number of hydrogen-bond donors (Lipinski definition) is 1. The first-order chi connectivity index (χ1) is 16.5. The third-order valence-corrected chi connectivity index (χ3v) is 6.23. The molecule has 168 valence electrons. The van der Waals surface area contributed by atoms with Crippen LogP contribution in [0, 0.1) is 0 Å². The Labute approximate surface area is 201 Å². The van der Waals surface area contributed by atoms with Gasteiger partial charge in [-0.2, -0.15) is 0 Å². The zero-order valence-corrected chi connectivity index (χ0v) is 19.0. The number of hydrogen-bond acceptors (Lipinski definition) is 4. The topological polar surface area (TPSA) is 66.8 Å². The van der Waals surface area contributed by atoms with E-state index < -0.39 is 17.7 Å². The molecule has 0 aromatic heterocycles. The van der Waals surface area contributed by atoms with Crippen molar-refractivity contribution in [3.8, 4) is 5.75 Å². The Morgan fingerprint density at radius 3 is 2.44 bits per heavy atom. The lowest BCUT2D eigenvalue weighted by molar-refractivity contribution is -0.132. The SMILES string of the molecule is COc1cccc(/C(O)=C2/C(=O)C(=O)N(c3cccc(Cl)c3)C2c2cccc3ccccc23)c1. The van der Waals surface area contributed by atoms with E-state index >= 15 is 0 Å². The molecule has 34 heavy (non-hydrogen) atoms. The van der Waals surface area contributed by atoms with E-state index in [9.17, 15) is 14.7 Å². The van der Waals surface area contributed by atoms with E-state index in [2.05, 4.69) is 0 Å². The van der Waals surface area contributed by atoms with Gasteiger partial charge in [0.2, 0.25) is 0 Å². The highest BCUT2D eigenvalue weighted by molar-refractivity contribution is 6.52. The van der Waals surface area contributed by atoms with Crippen LogP contribution >= 0.6 is 11.6 Å². The van der Waals surface area contributed by atoms with Gasteiger partial charge < -0.3 is 9.84 Å². The lowest BCUT2D eigenvalue weighted by Gasteiger charge is -2.26. The van der Waals surface area contributed by atoms with Crippen molar-refractivity contribution < 1.29 is 19.4 Å². The second-order valence-electron chi connectivity index (χ2n) is 7.95. The van der Waals surface area contributed by atoms with Crippen LogP contribution < -0.4 is 9.64 Å². The molecular formula is C28H20ClNO4. The van der Waals surface area contributed by atoms with Gasteiger partial charge >= 0.3 is 0 Å². The number of methoxy groups -OCH3 is 1. The van der Waals surface area contributed by atoms with Gasteiger partial charge in [0.15, 0.2) is 0 Å². The third kappa shape index (κ3) is 3.60. The second-order valence-corrected chi connectivity index (χ2v) is 8.39. The molecule has 0 bridgehead atoms. The van der Waals surface area contributed by atoms with Crippen LogP contribution in [-0.2, 0) is 9.59 Å². The van der Waals surface area contributed by atoms with Gasteiger partial charge in [-0.25, -0.2) is 0 Å². The van der Waals surface area contributed by atoms with Crippen molar-refractivity contribution in [1.82, 2.24) is 0 Å². The van der Waals surface area contributed by atoms with Crippen molar-refractivity contribution in [2.75, 3.05) is 12.0 Å². The average Bonchev–Trinajstić information content (AvgIpc) is 3.13. The maximum atomic E-state index is 13.4. The number of rotatable bonds is 4. The molecule has 1 aliphatic heterocycles. The summed E-state index contributed by atoms with van der Waals surface area (Å²) in [5, 5.41) is 13.6. The van der Waals surface area contributed by atoms with E-state index in [-0.39, 0.29) is 11.3 Å². The van der Waals surface area contributed by atoms with Crippen molar-refractivity contribution in [3.63, 3.8) is 0 Å². The first kappa shape index (κ1) is 21.7. The van der Waals surface area contributed by atoms with Crippen LogP contribution in [0.15, 0.2) is 96.6 Å². The summed E-state index contributed by atoms with van der Waals surface area (Å²) in [6, 6.07) is 26.1. The van der Waals surface area contributed by atoms with Gasteiger partial charge in [-0.05, 0) is 46.7 Å². The Morgan fingerprint density at radius 1 is 0.912 bits per heavy atom. The van der Waals surface area contributed by atoms with E-state index in [0.29, 0.717) is 22.0 Å². The quantitative estimate of drug-likeness (QED) is 0.222. The Balaban J connectivity index is 1.81. The highest BCUT2D eigenvalue weighted by atomic mass is 35.5. The van der Waals surface area contributed by atoms with E-state index in [1.807, 2.05) is 42.5 Å². The smallest absolute Gasteiger partial charge is 0.300 e. The van der Waals surface area contributed by atoms with Crippen LogP contribution in [0.3, 0.4) is 0 Å². The van der Waals surface area contributed by atoms with Gasteiger partial charge in [0.25, 0.3) is 11.7 Å². The number of fused-ring (bicyclic) bond motifs is 1. The fourth-order valence-electron chi connectivity index (χ4n) is 4.43. The summed E-state index contributed by atoms with van der Waals surface area (Å²) in [6.07, 6.45) is 0. The normalized spacial score (nSPS) is 17.4. The number of carbonyl (C=O) groups excluding carboxylic acids is 2. The number of Topliss-reactive ketones (excluding diaryl/α,β-unsaturated/α-hetero) is 1. The fraction of sp³-hybridized carbons (Fsp3) is 0.0714. The highest BCUT2D eigenvalue weighted by Crippen LogP contribution is 2.44. The largest absolute Gasteiger partial charge is 0.507 e. The number of aliphatic hydroxyl groups is 1. The molecule has 1 unspecified atom stereocenters. The van der Waals surface area contributed by atoms with Crippen molar-refractivity contribution in [1.29, 1.82) is 0 Å². The number of anilines is 1. The summed E-state index contributed by atoms with van der Waals surface area (Å²) in [5.41, 5.74) is 1.59. The first-order valence-electron chi connectivity index (χ1n) is 10.7. The number of benzene rings is 4. The molecule has 5 nitrogen and oxygen atoms in total. The molecule has 4 aromatic rings. The van der Waals surface area contributed by atoms with Crippen LogP contribution in [0.1, 0.15) is 17.2 Å². The average molecular weight is 470 g/mol. The van der Waals surface area contributed by atoms with E-state index in [4.69, 9.17) is 16.3 Å². The molecule has 1 heterocycles. The zero-order chi connectivity index (χ0) is 23.8. The summed E-state index contributed by atoms with van der Waals surface area (Å²) in [7, 11) is 1.52. The Bertz CT molecular complexity index is 1470. The molecule has 1 N–H and O–H groups in total. The van der Waals surface area contributed by atoms with Crippen LogP contribution in [-0.4, -0.2) is 23.9 Å². The van der Waals surface area contributed by atoms with E-state index in [0.717, 1.165) is 16.3 Å². The minimum Gasteiger partial charge on any atom is -0.507 e. The standard InChI is InChI=1S/C28H20ClNO4/c1-34-21-12-4-9-18(15-21)26(31)24-25(23-14-5-8-17-7-2-3-13-22(17)23)30(28(33)27(24)32)20-11-6-10-19(29)16-20/h2-16,25,31H,1H3/b26-24-. The molecule has 0 aliphatic carbocycles. The summed E-state index contributed by atoms with van der Waals surface area (Å²) < 4.78 is 5.28. The van der Waals surface area contributed by atoms with Gasteiger partial charge in [-0.15, -0.1) is 0 Å². The van der Waals surface area contributed by atoms with Crippen molar-refractivity contribution in [2.45, 2.75) is 6.04 Å². The Morgan fingerprint density at radius 2 is 1.65 bits per heavy atom. The van der Waals surface area contributed by atoms with Gasteiger partial charge in [0.05, 0.1) is 18.7 Å². The van der Waals surface area contributed by atoms with Crippen LogP contribution in [0.2, 0.25) is 5.02 Å². The Kier molecular flexibility index (Phi) is 5.56. The van der Waals surface area contributed by atoms with E-state index in [1.165, 1.54) is 12.0 Å². The van der Waals surface area contributed by atoms with E-state index in [1.54, 1.807) is 48.5 Å². The number of ether oxygens (including phenoxy) is 1. The van der Waals surface area contributed by atoms with Crippen LogP contribution in [0.4, 0.5) is 5.69 Å². The monoisotopic (exact) mass is 469 g/mol. The molecule has 0 radical (unpaired) electrons. The second kappa shape index (κ2) is 8.69. The molecule has 0 saturated carbocycles. The zero-order valence-electron chi connectivity index (χ0n) is 18.2. The summed E-state index contributed by atoms with van der Waals surface area (Å²) in [5.74, 6) is -1.24. The van der Waals surface area contributed by atoms with Gasteiger partial charge in [0, 0.05) is 16.3 Å². The van der Waals surface area contributed by atoms with Crippen molar-refractivity contribution in [3.05, 3.63) is 113 Å². The lowest BCUT2D eigenvalue weighted by Crippen LogP contribution is -2.29. The number of amides is 1. The van der Waals surface area contributed by atoms with Gasteiger partial charge in [0.1, 0.15) is 11.5 Å². The summed E-state index contributed by atoms with van der Waals surface area (Å²) in [6.45, 7) is 0. The molecular weight excluding hydrogens is 450 g/mol. The van der Waals surface area contributed by atoms with Crippen molar-refractivity contribution >= 4 is 45.5 Å². The molecule has 6 heteroatoms. The number of ketones is 1. The molecule has 1 amide bonds. The van der Waals surface area contributed by atoms with Crippen LogP contribution in [0.5, 0.6) is 5.75 Å². The number of carbonyl (C=O) groups is 2. The lowest BCUT2D eigenvalue weighted by atomic mass is 9.91. The number of nitrogens with zero attached hydrogens (tertiary/aromatic N) is 1. The minimum atomic E-state index is -0.851. The fourth-order valence-corrected chi connectivity index (χ4v) is 4.62. The minimum absolute atomic E-state index is 0.00887.